The topological polar surface area (TPSA) is 38.3 Å². The summed E-state index contributed by atoms with van der Waals surface area (Å²) in [4.78, 5) is 12.6. The molecule has 0 radical (unpaired) electrons. The van der Waals surface area contributed by atoms with E-state index >= 15 is 0 Å². The predicted octanol–water partition coefficient (Wildman–Crippen LogP) is 4.04. The van der Waals surface area contributed by atoms with Gasteiger partial charge in [-0.05, 0) is 45.1 Å². The molecular formula is C15H15BrFNO2S. The number of carbonyl (C=O) groups excluding carboxylic acids is 1. The van der Waals surface area contributed by atoms with Crippen LogP contribution in [-0.2, 0) is 16.1 Å². The summed E-state index contributed by atoms with van der Waals surface area (Å²) in [5, 5.41) is 5.24. The molecule has 112 valence electrons. The van der Waals surface area contributed by atoms with Gasteiger partial charge in [0.1, 0.15) is 5.82 Å². The third-order valence-corrected chi connectivity index (χ3v) is 4.65. The normalized spacial score (nSPS) is 12.1. The van der Waals surface area contributed by atoms with E-state index in [2.05, 4.69) is 21.2 Å². The molecule has 1 aromatic carbocycles. The monoisotopic (exact) mass is 371 g/mol. The summed E-state index contributed by atoms with van der Waals surface area (Å²) in [7, 11) is 1.37. The maximum atomic E-state index is 13.5. The fraction of sp³-hybridized carbons (Fsp3) is 0.267. The third-order valence-electron chi connectivity index (χ3n) is 3.02. The van der Waals surface area contributed by atoms with Crippen molar-refractivity contribution in [2.45, 2.75) is 19.0 Å². The molecular weight excluding hydrogens is 357 g/mol. The molecule has 0 fully saturated rings. The zero-order chi connectivity index (χ0) is 15.2. The first kappa shape index (κ1) is 16.1. The molecule has 0 aliphatic rings. The van der Waals surface area contributed by atoms with Gasteiger partial charge in [-0.15, -0.1) is 11.3 Å². The second-order valence-electron chi connectivity index (χ2n) is 4.48. The molecule has 0 amide bonds. The number of hydrogen-bond acceptors (Lipinski definition) is 4. The van der Waals surface area contributed by atoms with Crippen molar-refractivity contribution in [2.24, 2.45) is 0 Å². The standard InChI is InChI=1S/C15H15BrFNO2S/c1-20-15(19)8-13(14-3-2-6-21-14)18-9-10-4-5-11(16)12(17)7-10/h2-7,13,18H,8-9H2,1H3. The van der Waals surface area contributed by atoms with E-state index in [9.17, 15) is 9.18 Å². The van der Waals surface area contributed by atoms with E-state index in [4.69, 9.17) is 4.74 Å². The highest BCUT2D eigenvalue weighted by Gasteiger charge is 2.17. The molecule has 0 aliphatic carbocycles. The second-order valence-corrected chi connectivity index (χ2v) is 6.31. The highest BCUT2D eigenvalue weighted by atomic mass is 79.9. The number of methoxy groups -OCH3 is 1. The van der Waals surface area contributed by atoms with Gasteiger partial charge < -0.3 is 10.1 Å². The Morgan fingerprint density at radius 1 is 1.48 bits per heavy atom. The van der Waals surface area contributed by atoms with Crippen molar-refractivity contribution >= 4 is 33.2 Å². The van der Waals surface area contributed by atoms with E-state index in [0.717, 1.165) is 10.4 Å². The minimum Gasteiger partial charge on any atom is -0.469 e. The van der Waals surface area contributed by atoms with Gasteiger partial charge in [0.2, 0.25) is 0 Å². The lowest BCUT2D eigenvalue weighted by Gasteiger charge is -2.16. The number of esters is 1. The highest BCUT2D eigenvalue weighted by molar-refractivity contribution is 9.10. The Labute approximate surface area is 135 Å². The minimum atomic E-state index is -0.296. The zero-order valence-electron chi connectivity index (χ0n) is 11.4. The van der Waals surface area contributed by atoms with Crippen molar-refractivity contribution in [1.29, 1.82) is 0 Å². The van der Waals surface area contributed by atoms with Crippen LogP contribution in [0.3, 0.4) is 0 Å². The molecule has 0 saturated heterocycles. The molecule has 0 spiro atoms. The number of hydrogen-bond donors (Lipinski definition) is 1. The van der Waals surface area contributed by atoms with E-state index in [0.29, 0.717) is 11.0 Å². The van der Waals surface area contributed by atoms with E-state index in [1.165, 1.54) is 13.2 Å². The molecule has 2 aromatic rings. The van der Waals surface area contributed by atoms with Crippen LogP contribution in [0, 0.1) is 5.82 Å². The molecule has 3 nitrogen and oxygen atoms in total. The third kappa shape index (κ3) is 4.62. The van der Waals surface area contributed by atoms with E-state index < -0.39 is 0 Å². The van der Waals surface area contributed by atoms with Crippen molar-refractivity contribution in [3.05, 3.63) is 56.4 Å². The van der Waals surface area contributed by atoms with Gasteiger partial charge in [-0.3, -0.25) is 4.79 Å². The Morgan fingerprint density at radius 2 is 2.29 bits per heavy atom. The fourth-order valence-corrected chi connectivity index (χ4v) is 2.95. The number of rotatable bonds is 6. The Kier molecular flexibility index (Phi) is 5.90. The Morgan fingerprint density at radius 3 is 2.90 bits per heavy atom. The summed E-state index contributed by atoms with van der Waals surface area (Å²) in [5.41, 5.74) is 0.821. The fourth-order valence-electron chi connectivity index (χ4n) is 1.90. The van der Waals surface area contributed by atoms with Crippen LogP contribution >= 0.6 is 27.3 Å². The molecule has 2 rings (SSSR count). The summed E-state index contributed by atoms with van der Waals surface area (Å²) in [5.74, 6) is -0.571. The van der Waals surface area contributed by atoms with Crippen molar-refractivity contribution in [2.75, 3.05) is 7.11 Å². The summed E-state index contributed by atoms with van der Waals surface area (Å²) in [6.45, 7) is 0.476. The first-order valence-corrected chi connectivity index (χ1v) is 8.05. The second kappa shape index (κ2) is 7.68. The van der Waals surface area contributed by atoms with E-state index in [1.54, 1.807) is 17.4 Å². The molecule has 1 heterocycles. The average molecular weight is 372 g/mol. The number of ether oxygens (including phenoxy) is 1. The van der Waals surface area contributed by atoms with Gasteiger partial charge in [-0.2, -0.15) is 0 Å². The summed E-state index contributed by atoms with van der Waals surface area (Å²) >= 11 is 4.70. The molecule has 1 atom stereocenters. The summed E-state index contributed by atoms with van der Waals surface area (Å²) < 4.78 is 18.7. The first-order valence-electron chi connectivity index (χ1n) is 6.37. The van der Waals surface area contributed by atoms with Gasteiger partial charge in [-0.25, -0.2) is 4.39 Å². The molecule has 6 heteroatoms. The lowest BCUT2D eigenvalue weighted by Crippen LogP contribution is -2.23. The van der Waals surface area contributed by atoms with Crippen LogP contribution < -0.4 is 5.32 Å². The Bertz CT molecular complexity index is 604. The Balaban J connectivity index is 2.04. The lowest BCUT2D eigenvalue weighted by atomic mass is 10.1. The van der Waals surface area contributed by atoms with E-state index in [1.807, 2.05) is 23.6 Å². The van der Waals surface area contributed by atoms with Crippen LogP contribution in [0.5, 0.6) is 0 Å². The van der Waals surface area contributed by atoms with Gasteiger partial charge in [0.25, 0.3) is 0 Å². The maximum Gasteiger partial charge on any atom is 0.307 e. The first-order chi connectivity index (χ1) is 10.1. The number of carbonyl (C=O) groups is 1. The van der Waals surface area contributed by atoms with Gasteiger partial charge in [0.15, 0.2) is 0 Å². The van der Waals surface area contributed by atoms with Crippen LogP contribution in [0.1, 0.15) is 22.9 Å². The molecule has 21 heavy (non-hydrogen) atoms. The largest absolute Gasteiger partial charge is 0.469 e. The predicted molar refractivity (Wildman–Crippen MR) is 84.6 cm³/mol. The SMILES string of the molecule is COC(=O)CC(NCc1ccc(Br)c(F)c1)c1cccs1. The zero-order valence-corrected chi connectivity index (χ0v) is 13.8. The molecule has 1 N–H and O–H groups in total. The van der Waals surface area contributed by atoms with Gasteiger partial charge in [0, 0.05) is 11.4 Å². The van der Waals surface area contributed by atoms with E-state index in [-0.39, 0.29) is 24.2 Å². The molecule has 0 bridgehead atoms. The number of nitrogens with one attached hydrogen (secondary N) is 1. The summed E-state index contributed by atoms with van der Waals surface area (Å²) in [6.07, 6.45) is 0.246. The number of benzene rings is 1. The van der Waals surface area contributed by atoms with Crippen LogP contribution in [-0.4, -0.2) is 13.1 Å². The highest BCUT2D eigenvalue weighted by Crippen LogP contribution is 2.23. The number of thiophene rings is 1. The van der Waals surface area contributed by atoms with Gasteiger partial charge in [0.05, 0.1) is 24.0 Å². The Hall–Kier alpha value is -1.24. The molecule has 1 aromatic heterocycles. The molecule has 1 unspecified atom stereocenters. The van der Waals surface area contributed by atoms with Crippen LogP contribution in [0.25, 0.3) is 0 Å². The molecule has 0 aliphatic heterocycles. The van der Waals surface area contributed by atoms with Crippen molar-refractivity contribution in [1.82, 2.24) is 5.32 Å². The lowest BCUT2D eigenvalue weighted by molar-refractivity contribution is -0.141. The van der Waals surface area contributed by atoms with Crippen molar-refractivity contribution in [3.63, 3.8) is 0 Å². The van der Waals surface area contributed by atoms with Gasteiger partial charge in [-0.1, -0.05) is 12.1 Å². The maximum absolute atomic E-state index is 13.5. The summed E-state index contributed by atoms with van der Waals surface area (Å²) in [6, 6.07) is 8.75. The van der Waals surface area contributed by atoms with Crippen LogP contribution in [0.4, 0.5) is 4.39 Å². The smallest absolute Gasteiger partial charge is 0.307 e. The quantitative estimate of drug-likeness (QED) is 0.778. The average Bonchev–Trinajstić information content (AvgIpc) is 3.00. The van der Waals surface area contributed by atoms with Crippen LogP contribution in [0.15, 0.2) is 40.2 Å². The number of halogens is 2. The van der Waals surface area contributed by atoms with Crippen LogP contribution in [0.2, 0.25) is 0 Å². The molecule has 0 saturated carbocycles. The van der Waals surface area contributed by atoms with Crippen molar-refractivity contribution in [3.8, 4) is 0 Å². The van der Waals surface area contributed by atoms with Gasteiger partial charge >= 0.3 is 5.97 Å². The van der Waals surface area contributed by atoms with Crippen molar-refractivity contribution < 1.29 is 13.9 Å². The minimum absolute atomic E-state index is 0.135.